The molecule has 0 aliphatic carbocycles. The van der Waals surface area contributed by atoms with Gasteiger partial charge in [0, 0.05) is 19.2 Å². The fraction of sp³-hybridized carbons (Fsp3) is 0.571. The number of hydrogen-bond donors (Lipinski definition) is 1. The van der Waals surface area contributed by atoms with Gasteiger partial charge in [0.05, 0.1) is 11.6 Å². The van der Waals surface area contributed by atoms with Crippen molar-refractivity contribution in [2.45, 2.75) is 25.8 Å². The predicted octanol–water partition coefficient (Wildman–Crippen LogP) is 3.56. The van der Waals surface area contributed by atoms with Gasteiger partial charge in [-0.05, 0) is 43.4 Å². The zero-order chi connectivity index (χ0) is 13.0. The molecule has 4 heteroatoms. The Morgan fingerprint density at radius 1 is 1.56 bits per heavy atom. The van der Waals surface area contributed by atoms with Crippen LogP contribution in [0, 0.1) is 11.7 Å². The SMILES string of the molecule is CC(NCC1CCCOC1)c1ccc(Cl)c(F)c1. The van der Waals surface area contributed by atoms with Crippen LogP contribution in [0.25, 0.3) is 0 Å². The number of ether oxygens (including phenoxy) is 1. The first-order valence-electron chi connectivity index (χ1n) is 6.43. The van der Waals surface area contributed by atoms with E-state index in [-0.39, 0.29) is 16.9 Å². The third-order valence-electron chi connectivity index (χ3n) is 3.41. The topological polar surface area (TPSA) is 21.3 Å². The maximum Gasteiger partial charge on any atom is 0.142 e. The second kappa shape index (κ2) is 6.50. The number of nitrogens with one attached hydrogen (secondary N) is 1. The van der Waals surface area contributed by atoms with E-state index < -0.39 is 0 Å². The summed E-state index contributed by atoms with van der Waals surface area (Å²) >= 11 is 5.67. The van der Waals surface area contributed by atoms with Crippen molar-refractivity contribution in [3.8, 4) is 0 Å². The molecule has 0 bridgehead atoms. The molecule has 100 valence electrons. The smallest absolute Gasteiger partial charge is 0.142 e. The van der Waals surface area contributed by atoms with Crippen molar-refractivity contribution in [2.75, 3.05) is 19.8 Å². The third kappa shape index (κ3) is 3.67. The fourth-order valence-corrected chi connectivity index (χ4v) is 2.33. The van der Waals surface area contributed by atoms with Gasteiger partial charge in [0.15, 0.2) is 0 Å². The molecule has 1 aromatic carbocycles. The highest BCUT2D eigenvalue weighted by molar-refractivity contribution is 6.30. The van der Waals surface area contributed by atoms with Crippen LogP contribution in [0.15, 0.2) is 18.2 Å². The molecule has 0 aromatic heterocycles. The van der Waals surface area contributed by atoms with Gasteiger partial charge < -0.3 is 10.1 Å². The molecule has 0 spiro atoms. The van der Waals surface area contributed by atoms with Crippen LogP contribution in [-0.4, -0.2) is 19.8 Å². The Balaban J connectivity index is 1.86. The number of halogens is 2. The van der Waals surface area contributed by atoms with Gasteiger partial charge in [-0.1, -0.05) is 17.7 Å². The van der Waals surface area contributed by atoms with Crippen molar-refractivity contribution in [1.82, 2.24) is 5.32 Å². The van der Waals surface area contributed by atoms with Gasteiger partial charge in [0.1, 0.15) is 5.82 Å². The molecule has 1 heterocycles. The van der Waals surface area contributed by atoms with E-state index in [0.717, 1.165) is 31.7 Å². The van der Waals surface area contributed by atoms with E-state index in [9.17, 15) is 4.39 Å². The zero-order valence-electron chi connectivity index (χ0n) is 10.6. The van der Waals surface area contributed by atoms with E-state index in [2.05, 4.69) is 5.32 Å². The van der Waals surface area contributed by atoms with Crippen molar-refractivity contribution in [1.29, 1.82) is 0 Å². The van der Waals surface area contributed by atoms with E-state index in [0.29, 0.717) is 5.92 Å². The molecule has 1 saturated heterocycles. The molecule has 0 radical (unpaired) electrons. The molecule has 1 aromatic rings. The second-order valence-electron chi connectivity index (χ2n) is 4.89. The lowest BCUT2D eigenvalue weighted by Crippen LogP contribution is -2.30. The number of rotatable bonds is 4. The van der Waals surface area contributed by atoms with Crippen LogP contribution in [0.2, 0.25) is 5.02 Å². The van der Waals surface area contributed by atoms with E-state index >= 15 is 0 Å². The molecule has 2 rings (SSSR count). The van der Waals surface area contributed by atoms with Crippen molar-refractivity contribution in [2.24, 2.45) is 5.92 Å². The summed E-state index contributed by atoms with van der Waals surface area (Å²) in [7, 11) is 0. The average molecular weight is 272 g/mol. The molecule has 0 saturated carbocycles. The molecule has 1 aliphatic heterocycles. The average Bonchev–Trinajstić information content (AvgIpc) is 2.40. The first kappa shape index (κ1) is 13.8. The monoisotopic (exact) mass is 271 g/mol. The Kier molecular flexibility index (Phi) is 4.98. The van der Waals surface area contributed by atoms with Crippen LogP contribution in [0.1, 0.15) is 31.4 Å². The second-order valence-corrected chi connectivity index (χ2v) is 5.29. The summed E-state index contributed by atoms with van der Waals surface area (Å²) in [4.78, 5) is 0. The largest absolute Gasteiger partial charge is 0.381 e. The molecular weight excluding hydrogens is 253 g/mol. The summed E-state index contributed by atoms with van der Waals surface area (Å²) in [5.41, 5.74) is 0.925. The highest BCUT2D eigenvalue weighted by atomic mass is 35.5. The van der Waals surface area contributed by atoms with Gasteiger partial charge in [-0.15, -0.1) is 0 Å². The first-order valence-corrected chi connectivity index (χ1v) is 6.80. The van der Waals surface area contributed by atoms with Gasteiger partial charge in [-0.25, -0.2) is 4.39 Å². The van der Waals surface area contributed by atoms with Gasteiger partial charge in [-0.2, -0.15) is 0 Å². The van der Waals surface area contributed by atoms with E-state index in [4.69, 9.17) is 16.3 Å². The predicted molar refractivity (Wildman–Crippen MR) is 71.4 cm³/mol. The molecule has 2 nitrogen and oxygen atoms in total. The normalized spacial score (nSPS) is 21.8. The third-order valence-corrected chi connectivity index (χ3v) is 3.72. The van der Waals surface area contributed by atoms with Crippen LogP contribution >= 0.6 is 11.6 Å². The van der Waals surface area contributed by atoms with Crippen molar-refractivity contribution < 1.29 is 9.13 Å². The molecule has 1 aliphatic rings. The molecule has 1 fully saturated rings. The zero-order valence-corrected chi connectivity index (χ0v) is 11.3. The Labute approximate surface area is 112 Å². The fourth-order valence-electron chi connectivity index (χ4n) is 2.21. The number of benzene rings is 1. The Morgan fingerprint density at radius 3 is 3.06 bits per heavy atom. The van der Waals surface area contributed by atoms with E-state index in [1.54, 1.807) is 6.07 Å². The quantitative estimate of drug-likeness (QED) is 0.904. The van der Waals surface area contributed by atoms with E-state index in [1.807, 2.05) is 13.0 Å². The minimum absolute atomic E-state index is 0.124. The van der Waals surface area contributed by atoms with Crippen LogP contribution < -0.4 is 5.32 Å². The van der Waals surface area contributed by atoms with Crippen LogP contribution in [0.3, 0.4) is 0 Å². The molecule has 0 amide bonds. The van der Waals surface area contributed by atoms with Crippen molar-refractivity contribution in [3.05, 3.63) is 34.6 Å². The van der Waals surface area contributed by atoms with Gasteiger partial charge in [0.2, 0.25) is 0 Å². The van der Waals surface area contributed by atoms with E-state index in [1.165, 1.54) is 12.5 Å². The van der Waals surface area contributed by atoms with Crippen LogP contribution in [0.4, 0.5) is 4.39 Å². The standard InChI is InChI=1S/C14H19ClFNO/c1-10(12-4-5-13(15)14(16)7-12)17-8-11-3-2-6-18-9-11/h4-5,7,10-11,17H,2-3,6,8-9H2,1H3. The lowest BCUT2D eigenvalue weighted by Gasteiger charge is -2.24. The highest BCUT2D eigenvalue weighted by Crippen LogP contribution is 2.21. The van der Waals surface area contributed by atoms with Gasteiger partial charge in [0.25, 0.3) is 0 Å². The highest BCUT2D eigenvalue weighted by Gasteiger charge is 2.15. The Hall–Kier alpha value is -0.640. The van der Waals surface area contributed by atoms with Gasteiger partial charge in [-0.3, -0.25) is 0 Å². The molecular formula is C14H19ClFNO. The maximum absolute atomic E-state index is 13.4. The molecule has 1 N–H and O–H groups in total. The van der Waals surface area contributed by atoms with Crippen molar-refractivity contribution >= 4 is 11.6 Å². The molecule has 2 unspecified atom stereocenters. The van der Waals surface area contributed by atoms with Crippen LogP contribution in [-0.2, 0) is 4.74 Å². The minimum Gasteiger partial charge on any atom is -0.381 e. The summed E-state index contributed by atoms with van der Waals surface area (Å²) in [6.45, 7) is 4.65. The summed E-state index contributed by atoms with van der Waals surface area (Å²) in [5.74, 6) is 0.210. The summed E-state index contributed by atoms with van der Waals surface area (Å²) in [6.07, 6.45) is 2.34. The Bertz CT molecular complexity index is 393. The summed E-state index contributed by atoms with van der Waals surface area (Å²) in [5, 5.41) is 3.60. The van der Waals surface area contributed by atoms with Crippen molar-refractivity contribution in [3.63, 3.8) is 0 Å². The lowest BCUT2D eigenvalue weighted by atomic mass is 10.0. The number of hydrogen-bond acceptors (Lipinski definition) is 2. The molecule has 18 heavy (non-hydrogen) atoms. The van der Waals surface area contributed by atoms with Gasteiger partial charge >= 0.3 is 0 Å². The lowest BCUT2D eigenvalue weighted by molar-refractivity contribution is 0.0540. The summed E-state index contributed by atoms with van der Waals surface area (Å²) < 4.78 is 18.8. The summed E-state index contributed by atoms with van der Waals surface area (Å²) in [6, 6.07) is 5.09. The maximum atomic E-state index is 13.4. The first-order chi connectivity index (χ1) is 8.66. The minimum atomic E-state index is -0.358. The Morgan fingerprint density at radius 2 is 2.39 bits per heavy atom. The molecule has 2 atom stereocenters. The van der Waals surface area contributed by atoms with Crippen LogP contribution in [0.5, 0.6) is 0 Å².